The molecule has 3 fully saturated rings. The summed E-state index contributed by atoms with van der Waals surface area (Å²) in [5.74, 6) is -0.831. The Bertz CT molecular complexity index is 428. The van der Waals surface area contributed by atoms with Crippen LogP contribution in [0.4, 0.5) is 4.79 Å². The fourth-order valence-electron chi connectivity index (χ4n) is 4.13. The van der Waals surface area contributed by atoms with Crippen molar-refractivity contribution in [2.45, 2.75) is 44.7 Å². The Morgan fingerprint density at radius 3 is 2.57 bits per heavy atom. The SMILES string of the molecule is CC1CCCN(C(=O)N2CCN3CCCC3C2)C1C(=O)O. The maximum absolute atomic E-state index is 12.8. The van der Waals surface area contributed by atoms with Gasteiger partial charge in [0.15, 0.2) is 0 Å². The number of hydrogen-bond donors (Lipinski definition) is 1. The Morgan fingerprint density at radius 2 is 1.81 bits per heavy atom. The molecule has 0 aromatic carbocycles. The third-order valence-electron chi connectivity index (χ3n) is 5.29. The molecule has 6 heteroatoms. The molecule has 0 aromatic heterocycles. The Labute approximate surface area is 125 Å². The van der Waals surface area contributed by atoms with Crippen molar-refractivity contribution in [3.8, 4) is 0 Å². The Morgan fingerprint density at radius 1 is 1.05 bits per heavy atom. The van der Waals surface area contributed by atoms with Crippen molar-refractivity contribution in [3.63, 3.8) is 0 Å². The van der Waals surface area contributed by atoms with E-state index in [-0.39, 0.29) is 11.9 Å². The second kappa shape index (κ2) is 5.83. The fraction of sp³-hybridized carbons (Fsp3) is 0.867. The van der Waals surface area contributed by atoms with Gasteiger partial charge in [-0.3, -0.25) is 4.90 Å². The number of urea groups is 1. The zero-order valence-corrected chi connectivity index (χ0v) is 12.7. The summed E-state index contributed by atoms with van der Waals surface area (Å²) in [5.41, 5.74) is 0. The molecule has 0 bridgehead atoms. The first-order chi connectivity index (χ1) is 10.1. The van der Waals surface area contributed by atoms with Crippen LogP contribution in [0.1, 0.15) is 32.6 Å². The molecule has 6 nitrogen and oxygen atoms in total. The number of carboxylic acids is 1. The van der Waals surface area contributed by atoms with Crippen LogP contribution in [0.25, 0.3) is 0 Å². The van der Waals surface area contributed by atoms with E-state index in [1.54, 1.807) is 4.90 Å². The Balaban J connectivity index is 1.69. The molecule has 0 spiro atoms. The van der Waals surface area contributed by atoms with E-state index in [1.807, 2.05) is 11.8 Å². The van der Waals surface area contributed by atoms with Gasteiger partial charge in [-0.15, -0.1) is 0 Å². The van der Waals surface area contributed by atoms with Gasteiger partial charge in [-0.05, 0) is 38.1 Å². The normalized spacial score (nSPS) is 33.9. The maximum Gasteiger partial charge on any atom is 0.326 e. The van der Waals surface area contributed by atoms with Crippen LogP contribution in [0, 0.1) is 5.92 Å². The van der Waals surface area contributed by atoms with E-state index in [9.17, 15) is 14.7 Å². The number of amides is 2. The van der Waals surface area contributed by atoms with Crippen molar-refractivity contribution in [3.05, 3.63) is 0 Å². The van der Waals surface area contributed by atoms with Crippen LogP contribution in [0.5, 0.6) is 0 Å². The average molecular weight is 295 g/mol. The number of aliphatic carboxylic acids is 1. The van der Waals surface area contributed by atoms with E-state index >= 15 is 0 Å². The minimum atomic E-state index is -0.866. The van der Waals surface area contributed by atoms with Gasteiger partial charge in [-0.2, -0.15) is 0 Å². The van der Waals surface area contributed by atoms with Crippen LogP contribution in [0.3, 0.4) is 0 Å². The predicted molar refractivity (Wildman–Crippen MR) is 78.1 cm³/mol. The molecule has 3 atom stereocenters. The third-order valence-corrected chi connectivity index (χ3v) is 5.29. The molecule has 0 aliphatic carbocycles. The van der Waals surface area contributed by atoms with Crippen LogP contribution >= 0.6 is 0 Å². The number of rotatable bonds is 1. The van der Waals surface area contributed by atoms with Crippen LogP contribution in [0.15, 0.2) is 0 Å². The molecule has 3 aliphatic heterocycles. The van der Waals surface area contributed by atoms with E-state index in [2.05, 4.69) is 4.90 Å². The lowest BCUT2D eigenvalue weighted by molar-refractivity contribution is -0.145. The van der Waals surface area contributed by atoms with Gasteiger partial charge >= 0.3 is 12.0 Å². The first-order valence-corrected chi connectivity index (χ1v) is 8.10. The molecular weight excluding hydrogens is 270 g/mol. The molecule has 3 saturated heterocycles. The number of piperidine rings is 1. The second-order valence-corrected chi connectivity index (χ2v) is 6.66. The van der Waals surface area contributed by atoms with Crippen molar-refractivity contribution < 1.29 is 14.7 Å². The van der Waals surface area contributed by atoms with Gasteiger partial charge in [0.2, 0.25) is 0 Å². The summed E-state index contributed by atoms with van der Waals surface area (Å²) in [7, 11) is 0. The van der Waals surface area contributed by atoms with Crippen molar-refractivity contribution in [1.29, 1.82) is 0 Å². The highest BCUT2D eigenvalue weighted by molar-refractivity contribution is 5.83. The molecule has 0 aromatic rings. The molecule has 3 heterocycles. The lowest BCUT2D eigenvalue weighted by Crippen LogP contribution is -2.60. The number of carboxylic acid groups (broad SMARTS) is 1. The van der Waals surface area contributed by atoms with Gasteiger partial charge < -0.3 is 14.9 Å². The number of fused-ring (bicyclic) bond motifs is 1. The van der Waals surface area contributed by atoms with Crippen LogP contribution in [-0.2, 0) is 4.79 Å². The highest BCUT2D eigenvalue weighted by atomic mass is 16.4. The van der Waals surface area contributed by atoms with Crippen molar-refractivity contribution in [2.24, 2.45) is 5.92 Å². The molecule has 0 radical (unpaired) electrons. The lowest BCUT2D eigenvalue weighted by atomic mass is 9.91. The fourth-order valence-corrected chi connectivity index (χ4v) is 4.13. The van der Waals surface area contributed by atoms with E-state index in [4.69, 9.17) is 0 Å². The first kappa shape index (κ1) is 14.6. The lowest BCUT2D eigenvalue weighted by Gasteiger charge is -2.43. The number of carbonyl (C=O) groups excluding carboxylic acids is 1. The van der Waals surface area contributed by atoms with Crippen molar-refractivity contribution in [2.75, 3.05) is 32.7 Å². The molecule has 3 aliphatic rings. The molecule has 1 N–H and O–H groups in total. The number of carbonyl (C=O) groups is 2. The number of likely N-dealkylation sites (tertiary alicyclic amines) is 1. The van der Waals surface area contributed by atoms with Crippen LogP contribution in [-0.4, -0.2) is 76.6 Å². The summed E-state index contributed by atoms with van der Waals surface area (Å²) in [4.78, 5) is 30.2. The highest BCUT2D eigenvalue weighted by Gasteiger charge is 2.41. The quantitative estimate of drug-likeness (QED) is 0.786. The van der Waals surface area contributed by atoms with E-state index < -0.39 is 12.0 Å². The highest BCUT2D eigenvalue weighted by Crippen LogP contribution is 2.27. The summed E-state index contributed by atoms with van der Waals surface area (Å²) in [5, 5.41) is 9.46. The summed E-state index contributed by atoms with van der Waals surface area (Å²) in [6.45, 7) is 6.07. The van der Waals surface area contributed by atoms with Crippen LogP contribution < -0.4 is 0 Å². The van der Waals surface area contributed by atoms with E-state index in [1.165, 1.54) is 6.42 Å². The van der Waals surface area contributed by atoms with Crippen molar-refractivity contribution >= 4 is 12.0 Å². The van der Waals surface area contributed by atoms with Gasteiger partial charge in [0.05, 0.1) is 0 Å². The molecule has 0 saturated carbocycles. The van der Waals surface area contributed by atoms with Gasteiger partial charge in [0, 0.05) is 32.2 Å². The number of piperazine rings is 1. The molecular formula is C15H25N3O3. The van der Waals surface area contributed by atoms with Gasteiger partial charge in [0.1, 0.15) is 6.04 Å². The Hall–Kier alpha value is -1.30. The summed E-state index contributed by atoms with van der Waals surface area (Å²) in [6, 6.07) is -0.249. The molecule has 21 heavy (non-hydrogen) atoms. The van der Waals surface area contributed by atoms with E-state index in [0.29, 0.717) is 12.6 Å². The van der Waals surface area contributed by atoms with Crippen molar-refractivity contribution in [1.82, 2.24) is 14.7 Å². The standard InChI is InChI=1S/C15H25N3O3/c1-11-4-2-7-18(13(11)14(19)20)15(21)17-9-8-16-6-3-5-12(16)10-17/h11-13H,2-10H2,1H3,(H,19,20). The molecule has 3 unspecified atom stereocenters. The molecule has 118 valence electrons. The van der Waals surface area contributed by atoms with Gasteiger partial charge in [-0.1, -0.05) is 6.92 Å². The smallest absolute Gasteiger partial charge is 0.326 e. The first-order valence-electron chi connectivity index (χ1n) is 8.10. The number of hydrogen-bond acceptors (Lipinski definition) is 3. The van der Waals surface area contributed by atoms with Gasteiger partial charge in [-0.25, -0.2) is 9.59 Å². The number of nitrogens with zero attached hydrogens (tertiary/aromatic N) is 3. The third kappa shape index (κ3) is 2.73. The minimum absolute atomic E-state index is 0.0352. The zero-order valence-electron chi connectivity index (χ0n) is 12.7. The van der Waals surface area contributed by atoms with Gasteiger partial charge in [0.25, 0.3) is 0 Å². The maximum atomic E-state index is 12.8. The average Bonchev–Trinajstić information content (AvgIpc) is 2.93. The molecule has 2 amide bonds. The summed E-state index contributed by atoms with van der Waals surface area (Å²) >= 11 is 0. The Kier molecular flexibility index (Phi) is 4.06. The topological polar surface area (TPSA) is 64.1 Å². The van der Waals surface area contributed by atoms with E-state index in [0.717, 1.165) is 45.4 Å². The predicted octanol–water partition coefficient (Wildman–Crippen LogP) is 1.07. The minimum Gasteiger partial charge on any atom is -0.480 e. The largest absolute Gasteiger partial charge is 0.480 e. The summed E-state index contributed by atoms with van der Waals surface area (Å²) < 4.78 is 0. The second-order valence-electron chi connectivity index (χ2n) is 6.66. The monoisotopic (exact) mass is 295 g/mol. The zero-order chi connectivity index (χ0) is 15.0. The molecule has 3 rings (SSSR count). The summed E-state index contributed by atoms with van der Waals surface area (Å²) in [6.07, 6.45) is 4.16. The van der Waals surface area contributed by atoms with Crippen LogP contribution in [0.2, 0.25) is 0 Å².